The van der Waals surface area contributed by atoms with E-state index in [1.165, 1.54) is 11.8 Å². The van der Waals surface area contributed by atoms with Crippen LogP contribution in [0.3, 0.4) is 0 Å². The lowest BCUT2D eigenvalue weighted by atomic mass is 10.1. The first-order valence-electron chi connectivity index (χ1n) is 7.27. The summed E-state index contributed by atoms with van der Waals surface area (Å²) in [6.45, 7) is 3.89. The van der Waals surface area contributed by atoms with Crippen LogP contribution in [0.4, 0.5) is 0 Å². The van der Waals surface area contributed by atoms with E-state index in [1.807, 2.05) is 55.8 Å². The van der Waals surface area contributed by atoms with Gasteiger partial charge in [-0.05, 0) is 26.0 Å². The smallest absolute Gasteiger partial charge is 0.200 e. The molecule has 3 rings (SSSR count). The highest BCUT2D eigenvalue weighted by atomic mass is 32.2. The van der Waals surface area contributed by atoms with Crippen molar-refractivity contribution in [3.63, 3.8) is 0 Å². The Labute approximate surface area is 138 Å². The molecule has 0 aliphatic heterocycles. The third-order valence-electron chi connectivity index (χ3n) is 3.56. The Morgan fingerprint density at radius 3 is 2.61 bits per heavy atom. The predicted octanol–water partition coefficient (Wildman–Crippen LogP) is 3.75. The Morgan fingerprint density at radius 2 is 1.96 bits per heavy atom. The maximum atomic E-state index is 12.5. The summed E-state index contributed by atoms with van der Waals surface area (Å²) in [5, 5.41) is 8.75. The molecule has 1 atom stereocenters. The van der Waals surface area contributed by atoms with Gasteiger partial charge >= 0.3 is 0 Å². The molecule has 0 spiro atoms. The molecule has 1 aromatic carbocycles. The third kappa shape index (κ3) is 3.22. The first-order chi connectivity index (χ1) is 11.1. The van der Waals surface area contributed by atoms with Crippen LogP contribution in [-0.4, -0.2) is 25.8 Å². The van der Waals surface area contributed by atoms with E-state index in [9.17, 15) is 4.79 Å². The monoisotopic (exact) mass is 327 g/mol. The highest BCUT2D eigenvalue weighted by Crippen LogP contribution is 2.27. The Balaban J connectivity index is 1.77. The second kappa shape index (κ2) is 6.42. The van der Waals surface area contributed by atoms with Crippen molar-refractivity contribution in [3.8, 4) is 11.6 Å². The molecule has 0 bridgehead atoms. The number of aromatic nitrogens is 3. The Morgan fingerprint density at radius 1 is 1.22 bits per heavy atom. The number of Topliss-reactive ketones (excluding diaryl/α,β-unsaturated/α-hetero) is 1. The molecule has 3 aromatic rings. The predicted molar refractivity (Wildman–Crippen MR) is 89.5 cm³/mol. The topological polar surface area (TPSA) is 60.9 Å². The van der Waals surface area contributed by atoms with Crippen LogP contribution in [0.1, 0.15) is 22.8 Å². The van der Waals surface area contributed by atoms with Crippen molar-refractivity contribution < 1.29 is 9.21 Å². The minimum atomic E-state index is -0.245. The van der Waals surface area contributed by atoms with Gasteiger partial charge in [0.1, 0.15) is 0 Å². The summed E-state index contributed by atoms with van der Waals surface area (Å²) in [4.78, 5) is 12.5. The van der Waals surface area contributed by atoms with Gasteiger partial charge in [-0.1, -0.05) is 41.6 Å². The van der Waals surface area contributed by atoms with Crippen molar-refractivity contribution in [2.24, 2.45) is 7.05 Å². The van der Waals surface area contributed by atoms with Crippen molar-refractivity contribution in [2.75, 3.05) is 0 Å². The molecule has 2 heterocycles. The maximum absolute atomic E-state index is 12.5. The quantitative estimate of drug-likeness (QED) is 0.527. The van der Waals surface area contributed by atoms with Gasteiger partial charge in [0.05, 0.1) is 11.5 Å². The summed E-state index contributed by atoms with van der Waals surface area (Å²) in [6.07, 6.45) is 1.60. The van der Waals surface area contributed by atoms with Crippen molar-refractivity contribution in [1.82, 2.24) is 14.8 Å². The first kappa shape index (κ1) is 15.6. The van der Waals surface area contributed by atoms with E-state index in [0.29, 0.717) is 22.3 Å². The lowest BCUT2D eigenvalue weighted by Crippen LogP contribution is -2.14. The van der Waals surface area contributed by atoms with Gasteiger partial charge in [0.2, 0.25) is 0 Å². The minimum absolute atomic E-state index is 0.0811. The average Bonchev–Trinajstić information content (AvgIpc) is 3.18. The highest BCUT2D eigenvalue weighted by Gasteiger charge is 2.21. The van der Waals surface area contributed by atoms with E-state index >= 15 is 0 Å². The molecule has 5 nitrogen and oxygen atoms in total. The number of carbonyl (C=O) groups excluding carboxylic acids is 1. The number of nitrogens with zero attached hydrogens (tertiary/aromatic N) is 3. The molecule has 6 heteroatoms. The Kier molecular flexibility index (Phi) is 4.34. The fourth-order valence-corrected chi connectivity index (χ4v) is 3.09. The molecule has 0 aliphatic carbocycles. The molecule has 0 amide bonds. The summed E-state index contributed by atoms with van der Waals surface area (Å²) >= 11 is 1.39. The van der Waals surface area contributed by atoms with Crippen LogP contribution in [0.25, 0.3) is 11.6 Å². The summed E-state index contributed by atoms with van der Waals surface area (Å²) in [5.41, 5.74) is 1.85. The van der Waals surface area contributed by atoms with E-state index in [4.69, 9.17) is 4.42 Å². The minimum Gasteiger partial charge on any atom is -0.461 e. The summed E-state index contributed by atoms with van der Waals surface area (Å²) in [7, 11) is 1.86. The van der Waals surface area contributed by atoms with Crippen molar-refractivity contribution in [3.05, 3.63) is 53.8 Å². The van der Waals surface area contributed by atoms with Gasteiger partial charge in [0.25, 0.3) is 0 Å². The summed E-state index contributed by atoms with van der Waals surface area (Å²) in [6, 6.07) is 11.3. The number of hydrogen-bond acceptors (Lipinski definition) is 5. The average molecular weight is 327 g/mol. The van der Waals surface area contributed by atoms with Crippen molar-refractivity contribution >= 4 is 17.5 Å². The molecule has 23 heavy (non-hydrogen) atoms. The van der Waals surface area contributed by atoms with Gasteiger partial charge in [-0.3, -0.25) is 4.79 Å². The lowest BCUT2D eigenvalue weighted by Gasteiger charge is -2.10. The zero-order valence-corrected chi connectivity index (χ0v) is 14.0. The SMILES string of the molecule is Cc1ccc(C(=O)[C@H](C)Sc2nnc(-c3ccco3)n2C)cc1. The van der Waals surface area contributed by atoms with E-state index in [2.05, 4.69) is 10.2 Å². The number of rotatable bonds is 5. The molecule has 0 radical (unpaired) electrons. The van der Waals surface area contributed by atoms with E-state index in [1.54, 1.807) is 12.3 Å². The van der Waals surface area contributed by atoms with Gasteiger partial charge in [-0.15, -0.1) is 10.2 Å². The summed E-state index contributed by atoms with van der Waals surface area (Å²) < 4.78 is 7.18. The molecule has 0 aliphatic rings. The Bertz CT molecular complexity index is 807. The fourth-order valence-electron chi connectivity index (χ4n) is 2.20. The highest BCUT2D eigenvalue weighted by molar-refractivity contribution is 8.00. The number of thioether (sulfide) groups is 1. The number of ketones is 1. The van der Waals surface area contributed by atoms with E-state index in [0.717, 1.165) is 5.56 Å². The number of furan rings is 1. The van der Waals surface area contributed by atoms with Crippen molar-refractivity contribution in [2.45, 2.75) is 24.3 Å². The van der Waals surface area contributed by atoms with Gasteiger partial charge in [-0.25, -0.2) is 0 Å². The molecular formula is C17H17N3O2S. The largest absolute Gasteiger partial charge is 0.461 e. The molecule has 0 saturated carbocycles. The molecule has 0 N–H and O–H groups in total. The molecule has 2 aromatic heterocycles. The number of benzene rings is 1. The third-order valence-corrected chi connectivity index (χ3v) is 4.70. The molecule has 0 unspecified atom stereocenters. The molecule has 0 saturated heterocycles. The van der Waals surface area contributed by atoms with E-state index < -0.39 is 0 Å². The normalized spacial score (nSPS) is 12.3. The van der Waals surface area contributed by atoms with Crippen LogP contribution < -0.4 is 0 Å². The fraction of sp³-hybridized carbons (Fsp3) is 0.235. The van der Waals surface area contributed by atoms with Gasteiger partial charge < -0.3 is 8.98 Å². The van der Waals surface area contributed by atoms with E-state index in [-0.39, 0.29) is 11.0 Å². The molecule has 118 valence electrons. The van der Waals surface area contributed by atoms with Crippen LogP contribution in [0.15, 0.2) is 52.2 Å². The van der Waals surface area contributed by atoms with Crippen LogP contribution >= 0.6 is 11.8 Å². The number of aryl methyl sites for hydroxylation is 1. The van der Waals surface area contributed by atoms with Crippen molar-refractivity contribution in [1.29, 1.82) is 0 Å². The lowest BCUT2D eigenvalue weighted by molar-refractivity contribution is 0.0994. The van der Waals surface area contributed by atoms with Crippen LogP contribution in [0.2, 0.25) is 0 Å². The molecular weight excluding hydrogens is 310 g/mol. The molecule has 0 fully saturated rings. The number of carbonyl (C=O) groups is 1. The maximum Gasteiger partial charge on any atom is 0.200 e. The summed E-state index contributed by atoms with van der Waals surface area (Å²) in [5.74, 6) is 1.38. The van der Waals surface area contributed by atoms with Crippen LogP contribution in [0, 0.1) is 6.92 Å². The van der Waals surface area contributed by atoms with Crippen LogP contribution in [0.5, 0.6) is 0 Å². The standard InChI is InChI=1S/C17H17N3O2S/c1-11-6-8-13(9-7-11)15(21)12(2)23-17-19-18-16(20(17)3)14-5-4-10-22-14/h4-10,12H,1-3H3/t12-/m0/s1. The first-order valence-corrected chi connectivity index (χ1v) is 8.15. The van der Waals surface area contributed by atoms with Gasteiger partial charge in [0.15, 0.2) is 22.5 Å². The van der Waals surface area contributed by atoms with Gasteiger partial charge in [0, 0.05) is 12.6 Å². The second-order valence-electron chi connectivity index (χ2n) is 5.33. The van der Waals surface area contributed by atoms with Crippen LogP contribution in [-0.2, 0) is 7.05 Å². The second-order valence-corrected chi connectivity index (χ2v) is 6.64. The van der Waals surface area contributed by atoms with Gasteiger partial charge in [-0.2, -0.15) is 0 Å². The zero-order valence-electron chi connectivity index (χ0n) is 13.2. The number of hydrogen-bond donors (Lipinski definition) is 0. The zero-order chi connectivity index (χ0) is 16.4. The Hall–Kier alpha value is -2.34.